The highest BCUT2D eigenvalue weighted by Gasteiger charge is 2.25. The number of carbonyl (C=O) groups excluding carboxylic acids is 1. The van der Waals surface area contributed by atoms with E-state index in [9.17, 15) is 9.59 Å². The van der Waals surface area contributed by atoms with Crippen molar-refractivity contribution in [3.8, 4) is 0 Å². The number of hydrogen-bond acceptors (Lipinski definition) is 4. The molecule has 15 heavy (non-hydrogen) atoms. The predicted molar refractivity (Wildman–Crippen MR) is 54.2 cm³/mol. The van der Waals surface area contributed by atoms with Crippen molar-refractivity contribution in [1.29, 1.82) is 0 Å². The van der Waals surface area contributed by atoms with E-state index in [0.717, 1.165) is 0 Å². The fourth-order valence-corrected chi connectivity index (χ4v) is 0.808. The molecular formula is C9H18N2O4. The summed E-state index contributed by atoms with van der Waals surface area (Å²) in [5.74, 6) is -1.64. The zero-order chi connectivity index (χ0) is 12.1. The summed E-state index contributed by atoms with van der Waals surface area (Å²) in [4.78, 5) is 21.6. The van der Waals surface area contributed by atoms with Gasteiger partial charge in [-0.25, -0.2) is 4.79 Å². The number of aliphatic hydroxyl groups is 1. The maximum absolute atomic E-state index is 11.4. The van der Waals surface area contributed by atoms with E-state index in [-0.39, 0.29) is 18.9 Å². The second-order valence-corrected chi connectivity index (χ2v) is 3.67. The minimum atomic E-state index is -1.45. The number of nitrogens with two attached hydrogens (primary N) is 1. The van der Waals surface area contributed by atoms with Gasteiger partial charge in [0.1, 0.15) is 0 Å². The van der Waals surface area contributed by atoms with Crippen LogP contribution in [0.25, 0.3) is 0 Å². The monoisotopic (exact) mass is 218 g/mol. The van der Waals surface area contributed by atoms with Crippen LogP contribution in [0.5, 0.6) is 0 Å². The van der Waals surface area contributed by atoms with Gasteiger partial charge in [-0.15, -0.1) is 0 Å². The van der Waals surface area contributed by atoms with E-state index in [1.807, 2.05) is 0 Å². The van der Waals surface area contributed by atoms with Crippen LogP contribution in [0.15, 0.2) is 0 Å². The Bertz CT molecular complexity index is 240. The molecule has 0 aliphatic carbocycles. The second-order valence-electron chi connectivity index (χ2n) is 3.67. The molecule has 0 aliphatic heterocycles. The Hall–Kier alpha value is -1.14. The van der Waals surface area contributed by atoms with Crippen LogP contribution in [0.3, 0.4) is 0 Å². The molecule has 0 heterocycles. The summed E-state index contributed by atoms with van der Waals surface area (Å²) in [6, 6.07) is 0. The zero-order valence-corrected chi connectivity index (χ0v) is 8.99. The summed E-state index contributed by atoms with van der Waals surface area (Å²) in [5, 5.41) is 19.8. The summed E-state index contributed by atoms with van der Waals surface area (Å²) in [5.41, 5.74) is 4.70. The summed E-state index contributed by atoms with van der Waals surface area (Å²) < 4.78 is 0. The number of carboxylic acid groups (broad SMARTS) is 1. The molecule has 6 nitrogen and oxygen atoms in total. The lowest BCUT2D eigenvalue weighted by Gasteiger charge is -2.21. The predicted octanol–water partition coefficient (Wildman–Crippen LogP) is -0.934. The molecule has 0 rings (SSSR count). The maximum atomic E-state index is 11.4. The number of nitrogens with one attached hydrogen (secondary N) is 1. The molecule has 0 radical (unpaired) electrons. The first kappa shape index (κ1) is 13.9. The largest absolute Gasteiger partial charge is 0.479 e. The average Bonchev–Trinajstić information content (AvgIpc) is 2.17. The summed E-state index contributed by atoms with van der Waals surface area (Å²) >= 11 is 0. The fraction of sp³-hybridized carbons (Fsp3) is 0.778. The van der Waals surface area contributed by atoms with Gasteiger partial charge in [0.15, 0.2) is 6.10 Å². The summed E-state index contributed by atoms with van der Waals surface area (Å²) in [6.45, 7) is 3.47. The van der Waals surface area contributed by atoms with E-state index in [1.165, 1.54) is 0 Å². The standard InChI is InChI=1S/C9H18N2O4/c1-3-9(2,10)8(15)11-5-4-6(12)7(13)14/h6,12H,3-5,10H2,1-2H3,(H,11,15)(H,13,14). The number of hydrogen-bond donors (Lipinski definition) is 4. The Morgan fingerprint density at radius 2 is 2.07 bits per heavy atom. The molecule has 0 spiro atoms. The minimum Gasteiger partial charge on any atom is -0.479 e. The van der Waals surface area contributed by atoms with Gasteiger partial charge < -0.3 is 21.3 Å². The summed E-state index contributed by atoms with van der Waals surface area (Å²) in [6.07, 6.45) is -0.989. The molecular weight excluding hydrogens is 200 g/mol. The molecule has 5 N–H and O–H groups in total. The zero-order valence-electron chi connectivity index (χ0n) is 8.99. The lowest BCUT2D eigenvalue weighted by atomic mass is 9.99. The Morgan fingerprint density at radius 3 is 2.47 bits per heavy atom. The van der Waals surface area contributed by atoms with Gasteiger partial charge in [0, 0.05) is 13.0 Å². The van der Waals surface area contributed by atoms with Crippen LogP contribution in [-0.4, -0.2) is 40.3 Å². The van der Waals surface area contributed by atoms with Crippen LogP contribution in [0.2, 0.25) is 0 Å². The van der Waals surface area contributed by atoms with Gasteiger partial charge in [-0.3, -0.25) is 4.79 Å². The first-order valence-electron chi connectivity index (χ1n) is 4.79. The van der Waals surface area contributed by atoms with Crippen LogP contribution in [0.1, 0.15) is 26.7 Å². The number of rotatable bonds is 6. The van der Waals surface area contributed by atoms with Crippen molar-refractivity contribution in [3.05, 3.63) is 0 Å². The lowest BCUT2D eigenvalue weighted by molar-refractivity contribution is -0.147. The molecule has 0 saturated heterocycles. The molecule has 2 unspecified atom stereocenters. The van der Waals surface area contributed by atoms with Gasteiger partial charge in [-0.1, -0.05) is 6.92 Å². The van der Waals surface area contributed by atoms with E-state index >= 15 is 0 Å². The highest BCUT2D eigenvalue weighted by atomic mass is 16.4. The number of carbonyl (C=O) groups is 2. The third-order valence-corrected chi connectivity index (χ3v) is 2.24. The molecule has 1 amide bonds. The highest BCUT2D eigenvalue weighted by molar-refractivity contribution is 5.85. The third kappa shape index (κ3) is 4.75. The molecule has 6 heteroatoms. The molecule has 2 atom stereocenters. The first-order valence-corrected chi connectivity index (χ1v) is 4.79. The van der Waals surface area contributed by atoms with Gasteiger partial charge in [0.2, 0.25) is 5.91 Å². The Morgan fingerprint density at radius 1 is 1.53 bits per heavy atom. The Kier molecular flexibility index (Phi) is 5.24. The smallest absolute Gasteiger partial charge is 0.332 e. The molecule has 0 fully saturated rings. The van der Waals surface area contributed by atoms with Gasteiger partial charge >= 0.3 is 5.97 Å². The van der Waals surface area contributed by atoms with Gasteiger partial charge in [-0.2, -0.15) is 0 Å². The second kappa shape index (κ2) is 5.67. The number of aliphatic hydroxyl groups excluding tert-OH is 1. The van der Waals surface area contributed by atoms with Gasteiger partial charge in [0.25, 0.3) is 0 Å². The normalized spacial score (nSPS) is 16.5. The molecule has 0 bridgehead atoms. The molecule has 0 aromatic heterocycles. The fourth-order valence-electron chi connectivity index (χ4n) is 0.808. The molecule has 0 aromatic rings. The molecule has 0 saturated carbocycles. The van der Waals surface area contributed by atoms with Gasteiger partial charge in [0.05, 0.1) is 5.54 Å². The third-order valence-electron chi connectivity index (χ3n) is 2.24. The van der Waals surface area contributed by atoms with Crippen molar-refractivity contribution < 1.29 is 19.8 Å². The Balaban J connectivity index is 3.88. The number of aliphatic carboxylic acids is 1. The molecule has 88 valence electrons. The van der Waals surface area contributed by atoms with Crippen LogP contribution in [-0.2, 0) is 9.59 Å². The van der Waals surface area contributed by atoms with Crippen LogP contribution >= 0.6 is 0 Å². The summed E-state index contributed by atoms with van der Waals surface area (Å²) in [7, 11) is 0. The van der Waals surface area contributed by atoms with E-state index in [0.29, 0.717) is 6.42 Å². The van der Waals surface area contributed by atoms with E-state index < -0.39 is 17.6 Å². The van der Waals surface area contributed by atoms with Crippen molar-refractivity contribution in [2.24, 2.45) is 5.73 Å². The van der Waals surface area contributed by atoms with Crippen molar-refractivity contribution in [1.82, 2.24) is 5.32 Å². The lowest BCUT2D eigenvalue weighted by Crippen LogP contribution is -2.51. The highest BCUT2D eigenvalue weighted by Crippen LogP contribution is 2.04. The van der Waals surface area contributed by atoms with E-state index in [1.54, 1.807) is 13.8 Å². The van der Waals surface area contributed by atoms with Crippen LogP contribution in [0.4, 0.5) is 0 Å². The maximum Gasteiger partial charge on any atom is 0.332 e. The molecule has 0 aromatic carbocycles. The van der Waals surface area contributed by atoms with E-state index in [4.69, 9.17) is 15.9 Å². The SMILES string of the molecule is CCC(C)(N)C(=O)NCCC(O)C(=O)O. The number of carboxylic acids is 1. The van der Waals surface area contributed by atoms with Crippen LogP contribution < -0.4 is 11.1 Å². The van der Waals surface area contributed by atoms with Crippen molar-refractivity contribution in [2.45, 2.75) is 38.3 Å². The number of amides is 1. The quantitative estimate of drug-likeness (QED) is 0.460. The van der Waals surface area contributed by atoms with Crippen molar-refractivity contribution in [2.75, 3.05) is 6.54 Å². The van der Waals surface area contributed by atoms with E-state index in [2.05, 4.69) is 5.32 Å². The van der Waals surface area contributed by atoms with Crippen molar-refractivity contribution >= 4 is 11.9 Å². The van der Waals surface area contributed by atoms with Crippen LogP contribution in [0, 0.1) is 0 Å². The minimum absolute atomic E-state index is 0.0269. The van der Waals surface area contributed by atoms with Gasteiger partial charge in [-0.05, 0) is 13.3 Å². The average molecular weight is 218 g/mol. The topological polar surface area (TPSA) is 113 Å². The first-order chi connectivity index (χ1) is 6.81. The Labute approximate surface area is 88.5 Å². The molecule has 0 aliphatic rings. The van der Waals surface area contributed by atoms with Crippen molar-refractivity contribution in [3.63, 3.8) is 0 Å².